The fraction of sp³-hybridized carbons (Fsp3) is 1.00. The van der Waals surface area contributed by atoms with Gasteiger partial charge in [-0.2, -0.15) is 0 Å². The van der Waals surface area contributed by atoms with E-state index in [0.29, 0.717) is 11.8 Å². The Bertz CT molecular complexity index is 429. The Labute approximate surface area is 136 Å². The van der Waals surface area contributed by atoms with Crippen LogP contribution in [0.1, 0.15) is 79.6 Å². The topological polar surface area (TPSA) is 40.5 Å². The fourth-order valence-corrected chi connectivity index (χ4v) is 7.42. The lowest BCUT2D eigenvalue weighted by Crippen LogP contribution is -2.69. The van der Waals surface area contributed by atoms with E-state index in [-0.39, 0.29) is 22.2 Å². The quantitative estimate of drug-likeness (QED) is 0.754. The maximum Gasteiger partial charge on any atom is 0.0863 e. The Kier molecular flexibility index (Phi) is 3.97. The molecule has 3 aliphatic carbocycles. The second kappa shape index (κ2) is 5.21. The first-order chi connectivity index (χ1) is 10.2. The van der Waals surface area contributed by atoms with E-state index in [1.807, 2.05) is 0 Å². The molecule has 0 spiro atoms. The summed E-state index contributed by atoms with van der Waals surface area (Å²) >= 11 is 0. The Morgan fingerprint density at radius 2 is 1.59 bits per heavy atom. The van der Waals surface area contributed by atoms with Gasteiger partial charge in [-0.1, -0.05) is 53.9 Å². The lowest BCUT2D eigenvalue weighted by atomic mass is 9.37. The van der Waals surface area contributed by atoms with Crippen LogP contribution in [0.2, 0.25) is 0 Å². The van der Waals surface area contributed by atoms with Crippen molar-refractivity contribution in [3.05, 3.63) is 0 Å². The second-order valence-electron chi connectivity index (χ2n) is 9.83. The van der Waals surface area contributed by atoms with Gasteiger partial charge in [-0.25, -0.2) is 0 Å². The molecule has 0 aromatic carbocycles. The van der Waals surface area contributed by atoms with Crippen molar-refractivity contribution in [2.75, 3.05) is 0 Å². The highest BCUT2D eigenvalue weighted by Gasteiger charge is 2.67. The highest BCUT2D eigenvalue weighted by atomic mass is 16.3. The number of aliphatic hydroxyl groups excluding tert-OH is 2. The van der Waals surface area contributed by atoms with Gasteiger partial charge in [0.05, 0.1) is 12.2 Å². The maximum absolute atomic E-state index is 11.2. The van der Waals surface area contributed by atoms with Crippen molar-refractivity contribution in [2.24, 2.45) is 34.0 Å². The van der Waals surface area contributed by atoms with Crippen LogP contribution in [0, 0.1) is 34.0 Å². The number of hydrogen-bond acceptors (Lipinski definition) is 2. The van der Waals surface area contributed by atoms with Crippen LogP contribution in [0.15, 0.2) is 0 Å². The fourth-order valence-electron chi connectivity index (χ4n) is 7.42. The van der Waals surface area contributed by atoms with Crippen molar-refractivity contribution >= 4 is 0 Å². The summed E-state index contributed by atoms with van der Waals surface area (Å²) in [4.78, 5) is 0. The minimum Gasteiger partial charge on any atom is -0.390 e. The summed E-state index contributed by atoms with van der Waals surface area (Å²) in [7, 11) is 0. The minimum atomic E-state index is -0.558. The molecule has 2 heteroatoms. The van der Waals surface area contributed by atoms with Gasteiger partial charge < -0.3 is 10.2 Å². The lowest BCUT2D eigenvalue weighted by Gasteiger charge is -2.68. The molecule has 22 heavy (non-hydrogen) atoms. The third kappa shape index (κ3) is 1.99. The van der Waals surface area contributed by atoms with E-state index >= 15 is 0 Å². The molecule has 0 aromatic heterocycles. The van der Waals surface area contributed by atoms with E-state index in [0.717, 1.165) is 6.42 Å². The van der Waals surface area contributed by atoms with Gasteiger partial charge in [0.1, 0.15) is 0 Å². The summed E-state index contributed by atoms with van der Waals surface area (Å²) in [6.45, 7) is 11.6. The number of fused-ring (bicyclic) bond motifs is 3. The van der Waals surface area contributed by atoms with Gasteiger partial charge in [-0.3, -0.25) is 0 Å². The van der Waals surface area contributed by atoms with E-state index < -0.39 is 12.2 Å². The van der Waals surface area contributed by atoms with Gasteiger partial charge >= 0.3 is 0 Å². The smallest absolute Gasteiger partial charge is 0.0863 e. The molecule has 2 nitrogen and oxygen atoms in total. The van der Waals surface area contributed by atoms with Gasteiger partial charge in [-0.15, -0.1) is 0 Å². The molecule has 3 rings (SSSR count). The maximum atomic E-state index is 11.2. The number of hydrogen-bond donors (Lipinski definition) is 2. The minimum absolute atomic E-state index is 0.0731. The van der Waals surface area contributed by atoms with Crippen molar-refractivity contribution < 1.29 is 10.2 Å². The van der Waals surface area contributed by atoms with E-state index in [1.54, 1.807) is 0 Å². The Morgan fingerprint density at radius 3 is 2.23 bits per heavy atom. The van der Waals surface area contributed by atoms with Crippen LogP contribution in [-0.2, 0) is 0 Å². The highest BCUT2D eigenvalue weighted by Crippen LogP contribution is 2.69. The molecule has 2 N–H and O–H groups in total. The molecule has 3 aliphatic rings. The number of rotatable bonds is 1. The first kappa shape index (κ1) is 16.8. The largest absolute Gasteiger partial charge is 0.390 e. The van der Waals surface area contributed by atoms with Crippen molar-refractivity contribution in [3.8, 4) is 0 Å². The van der Waals surface area contributed by atoms with Crippen LogP contribution >= 0.6 is 0 Å². The summed E-state index contributed by atoms with van der Waals surface area (Å²) in [6.07, 6.45) is 7.41. The molecule has 4 unspecified atom stereocenters. The van der Waals surface area contributed by atoms with Crippen LogP contribution < -0.4 is 0 Å². The van der Waals surface area contributed by atoms with Crippen LogP contribution in [0.4, 0.5) is 0 Å². The molecule has 0 bridgehead atoms. The molecule has 3 fully saturated rings. The standard InChI is InChI=1S/C20H36O2/c1-13(2)20-12-7-6-9-14(20)19(5)11-8-10-18(3,4)16(19)15(21)17(20)22/h13-17,21-22H,6-12H2,1-5H3/t14-,15?,16?,17?,19-,20?/m1/s1. The van der Waals surface area contributed by atoms with Gasteiger partial charge in [0.15, 0.2) is 0 Å². The van der Waals surface area contributed by atoms with Crippen LogP contribution in [-0.4, -0.2) is 22.4 Å². The summed E-state index contributed by atoms with van der Waals surface area (Å²) in [5.41, 5.74) is 0.245. The average Bonchev–Trinajstić information content (AvgIpc) is 2.43. The summed E-state index contributed by atoms with van der Waals surface area (Å²) in [5.74, 6) is 1.24. The molecular formula is C20H36O2. The lowest BCUT2D eigenvalue weighted by molar-refractivity contribution is -0.267. The zero-order chi connectivity index (χ0) is 16.3. The van der Waals surface area contributed by atoms with Crippen LogP contribution in [0.25, 0.3) is 0 Å². The molecular weight excluding hydrogens is 272 g/mol. The molecule has 0 radical (unpaired) electrons. The molecule has 0 heterocycles. The van der Waals surface area contributed by atoms with Gasteiger partial charge in [0.2, 0.25) is 0 Å². The van der Waals surface area contributed by atoms with E-state index in [1.165, 1.54) is 38.5 Å². The Hall–Kier alpha value is -0.0800. The van der Waals surface area contributed by atoms with E-state index in [4.69, 9.17) is 0 Å². The van der Waals surface area contributed by atoms with Gasteiger partial charge in [0, 0.05) is 5.41 Å². The molecule has 3 saturated carbocycles. The highest BCUT2D eigenvalue weighted by molar-refractivity contribution is 5.16. The predicted molar refractivity (Wildman–Crippen MR) is 90.5 cm³/mol. The van der Waals surface area contributed by atoms with Crippen molar-refractivity contribution in [2.45, 2.75) is 91.8 Å². The van der Waals surface area contributed by atoms with Crippen LogP contribution in [0.5, 0.6) is 0 Å². The third-order valence-corrected chi connectivity index (χ3v) is 8.18. The molecule has 0 saturated heterocycles. The Balaban J connectivity index is 2.13. The first-order valence-electron chi connectivity index (χ1n) is 9.54. The second-order valence-corrected chi connectivity index (χ2v) is 9.83. The molecule has 0 aromatic rings. The SMILES string of the molecule is CC(C)C12CCCC[C@@H]1[C@@]1(C)CCCC(C)(C)C1C(O)C2O. The predicted octanol–water partition coefficient (Wildman–Crippen LogP) is 4.39. The first-order valence-corrected chi connectivity index (χ1v) is 9.54. The van der Waals surface area contributed by atoms with E-state index in [2.05, 4.69) is 34.6 Å². The van der Waals surface area contributed by atoms with Crippen molar-refractivity contribution in [3.63, 3.8) is 0 Å². The van der Waals surface area contributed by atoms with Gasteiger partial charge in [0.25, 0.3) is 0 Å². The van der Waals surface area contributed by atoms with Crippen LogP contribution in [0.3, 0.4) is 0 Å². The Morgan fingerprint density at radius 1 is 0.909 bits per heavy atom. The monoisotopic (exact) mass is 308 g/mol. The number of aliphatic hydroxyl groups is 2. The summed E-state index contributed by atoms with van der Waals surface area (Å²) < 4.78 is 0. The molecule has 0 aliphatic heterocycles. The zero-order valence-corrected chi connectivity index (χ0v) is 15.2. The molecule has 128 valence electrons. The molecule has 0 amide bonds. The van der Waals surface area contributed by atoms with Gasteiger partial charge in [-0.05, 0) is 54.3 Å². The summed E-state index contributed by atoms with van der Waals surface area (Å²) in [6, 6.07) is 0. The zero-order valence-electron chi connectivity index (χ0n) is 15.2. The average molecular weight is 309 g/mol. The third-order valence-electron chi connectivity index (χ3n) is 8.18. The summed E-state index contributed by atoms with van der Waals surface area (Å²) in [5, 5.41) is 22.4. The normalized spacial score (nSPS) is 51.3. The van der Waals surface area contributed by atoms with E-state index in [9.17, 15) is 10.2 Å². The van der Waals surface area contributed by atoms with Crippen molar-refractivity contribution in [1.82, 2.24) is 0 Å². The van der Waals surface area contributed by atoms with Crippen molar-refractivity contribution in [1.29, 1.82) is 0 Å². The molecule has 6 atom stereocenters.